The number of nitrogens with zero attached hydrogens (tertiary/aromatic N) is 2. The molecule has 0 atom stereocenters. The van der Waals surface area contributed by atoms with E-state index in [2.05, 4.69) is 10.2 Å². The molecule has 1 heterocycles. The number of methoxy groups -OCH3 is 3. The first-order valence-corrected chi connectivity index (χ1v) is 11.4. The molecule has 6 nitrogen and oxygen atoms in total. The van der Waals surface area contributed by atoms with Gasteiger partial charge in [0.25, 0.3) is 0 Å². The molecule has 29 heavy (non-hydrogen) atoms. The molecule has 1 aromatic heterocycles. The van der Waals surface area contributed by atoms with Crippen molar-refractivity contribution >= 4 is 40.6 Å². The lowest BCUT2D eigenvalue weighted by atomic mass is 10.1. The van der Waals surface area contributed by atoms with Crippen molar-refractivity contribution in [2.75, 3.05) is 27.1 Å². The predicted molar refractivity (Wildman–Crippen MR) is 117 cm³/mol. The van der Waals surface area contributed by atoms with E-state index in [1.54, 1.807) is 44.2 Å². The minimum Gasteiger partial charge on any atom is -0.497 e. The van der Waals surface area contributed by atoms with E-state index >= 15 is 0 Å². The summed E-state index contributed by atoms with van der Waals surface area (Å²) in [6, 6.07) is 13.1. The normalized spacial score (nSPS) is 10.6. The molecule has 0 N–H and O–H groups in total. The van der Waals surface area contributed by atoms with E-state index in [9.17, 15) is 4.79 Å². The first-order chi connectivity index (χ1) is 14.1. The van der Waals surface area contributed by atoms with Gasteiger partial charge in [-0.2, -0.15) is 0 Å². The molecule has 0 bridgehead atoms. The van der Waals surface area contributed by atoms with Gasteiger partial charge in [-0.1, -0.05) is 47.0 Å². The van der Waals surface area contributed by atoms with Gasteiger partial charge >= 0.3 is 0 Å². The molecule has 0 spiro atoms. The summed E-state index contributed by atoms with van der Waals surface area (Å²) in [6.07, 6.45) is 0. The van der Waals surface area contributed by atoms with Crippen molar-refractivity contribution in [2.24, 2.45) is 0 Å². The Morgan fingerprint density at radius 3 is 2.21 bits per heavy atom. The summed E-state index contributed by atoms with van der Waals surface area (Å²) in [7, 11) is 4.77. The van der Waals surface area contributed by atoms with Crippen LogP contribution in [0.2, 0.25) is 0 Å². The van der Waals surface area contributed by atoms with Crippen LogP contribution in [0, 0.1) is 0 Å². The average molecular weight is 449 g/mol. The fourth-order valence-corrected chi connectivity index (χ4v) is 5.27. The van der Waals surface area contributed by atoms with Crippen molar-refractivity contribution in [1.82, 2.24) is 10.2 Å². The van der Waals surface area contributed by atoms with Gasteiger partial charge in [-0.15, -0.1) is 10.2 Å². The van der Waals surface area contributed by atoms with Gasteiger partial charge in [0.1, 0.15) is 17.2 Å². The predicted octanol–water partition coefficient (Wildman–Crippen LogP) is 4.83. The second-order valence-corrected chi connectivity index (χ2v) is 9.17. The maximum Gasteiger partial charge on any atom is 0.176 e. The molecule has 0 saturated carbocycles. The number of ketones is 1. The van der Waals surface area contributed by atoms with Crippen molar-refractivity contribution in [1.29, 1.82) is 0 Å². The van der Waals surface area contributed by atoms with E-state index in [1.807, 2.05) is 24.3 Å². The highest BCUT2D eigenvalue weighted by Crippen LogP contribution is 2.32. The fraction of sp³-hybridized carbons (Fsp3) is 0.250. The molecule has 0 saturated heterocycles. The zero-order valence-electron chi connectivity index (χ0n) is 16.2. The van der Waals surface area contributed by atoms with Crippen LogP contribution in [-0.2, 0) is 5.75 Å². The van der Waals surface area contributed by atoms with Gasteiger partial charge in [-0.3, -0.25) is 4.79 Å². The number of carbonyl (C=O) groups is 1. The average Bonchev–Trinajstić information content (AvgIpc) is 3.23. The molecule has 0 fully saturated rings. The number of carbonyl (C=O) groups excluding carboxylic acids is 1. The molecule has 0 radical (unpaired) electrons. The fourth-order valence-electron chi connectivity index (χ4n) is 2.41. The molecule has 0 aliphatic heterocycles. The first kappa shape index (κ1) is 21.5. The summed E-state index contributed by atoms with van der Waals surface area (Å²) in [5, 5.41) is 8.38. The molecular weight excluding hydrogens is 428 g/mol. The number of benzene rings is 2. The zero-order chi connectivity index (χ0) is 20.6. The summed E-state index contributed by atoms with van der Waals surface area (Å²) in [4.78, 5) is 12.6. The lowest BCUT2D eigenvalue weighted by Crippen LogP contribution is -2.05. The molecule has 3 aromatic rings. The van der Waals surface area contributed by atoms with Crippen LogP contribution >= 0.6 is 34.9 Å². The molecular formula is C20H20N2O4S3. The van der Waals surface area contributed by atoms with Crippen molar-refractivity contribution in [3.63, 3.8) is 0 Å². The van der Waals surface area contributed by atoms with Gasteiger partial charge in [0.2, 0.25) is 0 Å². The minimum absolute atomic E-state index is 0.0304. The Balaban J connectivity index is 1.54. The smallest absolute Gasteiger partial charge is 0.176 e. The second kappa shape index (κ2) is 10.5. The van der Waals surface area contributed by atoms with Crippen LogP contribution in [0.1, 0.15) is 15.9 Å². The summed E-state index contributed by atoms with van der Waals surface area (Å²) < 4.78 is 17.3. The van der Waals surface area contributed by atoms with E-state index in [0.29, 0.717) is 17.1 Å². The van der Waals surface area contributed by atoms with Gasteiger partial charge in [0, 0.05) is 11.8 Å². The quantitative estimate of drug-likeness (QED) is 0.323. The van der Waals surface area contributed by atoms with Crippen LogP contribution in [-0.4, -0.2) is 43.1 Å². The Labute approximate surface area is 182 Å². The first-order valence-electron chi connectivity index (χ1n) is 8.60. The third-order valence-corrected chi connectivity index (χ3v) is 7.21. The number of rotatable bonds is 10. The Kier molecular flexibility index (Phi) is 7.79. The maximum atomic E-state index is 12.6. The zero-order valence-corrected chi connectivity index (χ0v) is 18.7. The Morgan fingerprint density at radius 1 is 0.897 bits per heavy atom. The summed E-state index contributed by atoms with van der Waals surface area (Å²) in [5.41, 5.74) is 1.71. The number of Topliss-reactive ketones (excluding diaryl/α,β-unsaturated/α-hetero) is 1. The number of thioether (sulfide) groups is 2. The lowest BCUT2D eigenvalue weighted by Gasteiger charge is -2.09. The largest absolute Gasteiger partial charge is 0.497 e. The van der Waals surface area contributed by atoms with Crippen LogP contribution in [0.15, 0.2) is 51.1 Å². The molecule has 0 aliphatic rings. The monoisotopic (exact) mass is 448 g/mol. The molecule has 0 amide bonds. The highest BCUT2D eigenvalue weighted by molar-refractivity contribution is 8.03. The topological polar surface area (TPSA) is 70.5 Å². The Morgan fingerprint density at radius 2 is 1.55 bits per heavy atom. The van der Waals surface area contributed by atoms with Gasteiger partial charge in [-0.25, -0.2) is 0 Å². The number of hydrogen-bond donors (Lipinski definition) is 0. The van der Waals surface area contributed by atoms with Gasteiger partial charge in [0.05, 0.1) is 32.6 Å². The van der Waals surface area contributed by atoms with Crippen LogP contribution in [0.5, 0.6) is 17.2 Å². The van der Waals surface area contributed by atoms with E-state index < -0.39 is 0 Å². The van der Waals surface area contributed by atoms with E-state index in [0.717, 1.165) is 20.2 Å². The van der Waals surface area contributed by atoms with Crippen LogP contribution < -0.4 is 14.2 Å². The van der Waals surface area contributed by atoms with Crippen molar-refractivity contribution in [3.8, 4) is 17.2 Å². The SMILES string of the molecule is COc1ccc(CSc2nnc(SCC(=O)c3ccc(OC)cc3OC)s2)cc1. The van der Waals surface area contributed by atoms with E-state index in [-0.39, 0.29) is 11.5 Å². The Hall–Kier alpha value is -2.23. The van der Waals surface area contributed by atoms with Gasteiger partial charge in [-0.05, 0) is 29.8 Å². The molecule has 152 valence electrons. The maximum absolute atomic E-state index is 12.6. The molecule has 2 aromatic carbocycles. The molecule has 0 unspecified atom stereocenters. The third-order valence-electron chi connectivity index (χ3n) is 3.95. The van der Waals surface area contributed by atoms with Crippen molar-refractivity contribution < 1.29 is 19.0 Å². The standard InChI is InChI=1S/C20H20N2O4S3/c1-24-14-6-4-13(5-7-14)11-27-19-21-22-20(29-19)28-12-17(23)16-9-8-15(25-2)10-18(16)26-3/h4-10H,11-12H2,1-3H3. The number of aromatic nitrogens is 2. The highest BCUT2D eigenvalue weighted by Gasteiger charge is 2.15. The number of hydrogen-bond acceptors (Lipinski definition) is 9. The molecule has 3 rings (SSSR count). The number of ether oxygens (including phenoxy) is 3. The van der Waals surface area contributed by atoms with Gasteiger partial charge < -0.3 is 14.2 Å². The van der Waals surface area contributed by atoms with Gasteiger partial charge in [0.15, 0.2) is 14.5 Å². The molecule has 9 heteroatoms. The molecule has 0 aliphatic carbocycles. The lowest BCUT2D eigenvalue weighted by molar-refractivity contribution is 0.101. The van der Waals surface area contributed by atoms with E-state index in [4.69, 9.17) is 14.2 Å². The highest BCUT2D eigenvalue weighted by atomic mass is 32.2. The summed E-state index contributed by atoms with van der Waals surface area (Å²) in [6.45, 7) is 0. The van der Waals surface area contributed by atoms with Crippen molar-refractivity contribution in [2.45, 2.75) is 14.4 Å². The Bertz CT molecular complexity index is 961. The summed E-state index contributed by atoms with van der Waals surface area (Å²) >= 11 is 4.49. The van der Waals surface area contributed by atoms with Crippen molar-refractivity contribution in [3.05, 3.63) is 53.6 Å². The van der Waals surface area contributed by atoms with Crippen LogP contribution in [0.25, 0.3) is 0 Å². The third kappa shape index (κ3) is 5.88. The second-order valence-electron chi connectivity index (χ2n) is 5.75. The minimum atomic E-state index is -0.0304. The van der Waals surface area contributed by atoms with E-state index in [1.165, 1.54) is 35.8 Å². The van der Waals surface area contributed by atoms with Crippen LogP contribution in [0.3, 0.4) is 0 Å². The van der Waals surface area contributed by atoms with Crippen LogP contribution in [0.4, 0.5) is 0 Å². The summed E-state index contributed by atoms with van der Waals surface area (Å²) in [5.74, 6) is 3.02.